The molecule has 2 aliphatic rings. The van der Waals surface area contributed by atoms with Gasteiger partial charge >= 0.3 is 0 Å². The second kappa shape index (κ2) is 8.16. The largest absolute Gasteiger partial charge is 0.314 e. The molecule has 18 heavy (non-hydrogen) atoms. The average molecular weight is 252 g/mol. The van der Waals surface area contributed by atoms with Crippen LogP contribution >= 0.6 is 0 Å². The van der Waals surface area contributed by atoms with Crippen molar-refractivity contribution in [2.24, 2.45) is 5.92 Å². The Balaban J connectivity index is 1.53. The van der Waals surface area contributed by atoms with E-state index in [2.05, 4.69) is 17.1 Å². The monoisotopic (exact) mass is 252 g/mol. The quantitative estimate of drug-likeness (QED) is 0.698. The molecule has 2 nitrogen and oxygen atoms in total. The second-order valence-corrected chi connectivity index (χ2v) is 6.30. The molecule has 2 fully saturated rings. The number of nitrogens with zero attached hydrogens (tertiary/aromatic N) is 1. The lowest BCUT2D eigenvalue weighted by atomic mass is 9.88. The summed E-state index contributed by atoms with van der Waals surface area (Å²) < 4.78 is 0. The van der Waals surface area contributed by atoms with Gasteiger partial charge in [-0.3, -0.25) is 0 Å². The number of nitrogens with one attached hydrogen (secondary N) is 1. The summed E-state index contributed by atoms with van der Waals surface area (Å²) in [6, 6.07) is 0.858. The van der Waals surface area contributed by atoms with Gasteiger partial charge in [-0.15, -0.1) is 0 Å². The lowest BCUT2D eigenvalue weighted by Gasteiger charge is -2.34. The van der Waals surface area contributed by atoms with Gasteiger partial charge in [0.15, 0.2) is 0 Å². The molecular formula is C16H32N2. The number of likely N-dealkylation sites (tertiary alicyclic amines) is 1. The van der Waals surface area contributed by atoms with Crippen molar-refractivity contribution in [1.29, 1.82) is 0 Å². The van der Waals surface area contributed by atoms with E-state index < -0.39 is 0 Å². The molecule has 1 N–H and O–H groups in total. The predicted molar refractivity (Wildman–Crippen MR) is 78.9 cm³/mol. The van der Waals surface area contributed by atoms with E-state index in [-0.39, 0.29) is 0 Å². The van der Waals surface area contributed by atoms with Crippen molar-refractivity contribution in [1.82, 2.24) is 10.2 Å². The third-order valence-corrected chi connectivity index (χ3v) is 4.88. The summed E-state index contributed by atoms with van der Waals surface area (Å²) in [7, 11) is 0. The van der Waals surface area contributed by atoms with Crippen LogP contribution in [0.25, 0.3) is 0 Å². The van der Waals surface area contributed by atoms with Gasteiger partial charge in [0, 0.05) is 6.04 Å². The highest BCUT2D eigenvalue weighted by Gasteiger charge is 2.27. The van der Waals surface area contributed by atoms with Crippen molar-refractivity contribution in [3.63, 3.8) is 0 Å². The standard InChI is InChI=1S/C16H32N2/c1-2-3-4-5-6-12-18-13-9-15(10-14-18)16-8-7-11-17-16/h15-17H,2-14H2,1H3. The Bertz CT molecular complexity index is 203. The number of rotatable bonds is 7. The smallest absolute Gasteiger partial charge is 0.00967 e. The maximum Gasteiger partial charge on any atom is 0.00967 e. The summed E-state index contributed by atoms with van der Waals surface area (Å²) in [6.45, 7) is 7.63. The molecule has 0 aromatic carbocycles. The third-order valence-electron chi connectivity index (χ3n) is 4.88. The molecule has 2 aliphatic heterocycles. The van der Waals surface area contributed by atoms with Crippen LogP contribution in [0.2, 0.25) is 0 Å². The van der Waals surface area contributed by atoms with Crippen LogP contribution in [0.1, 0.15) is 64.7 Å². The zero-order valence-electron chi connectivity index (χ0n) is 12.3. The van der Waals surface area contributed by atoms with Gasteiger partial charge in [-0.1, -0.05) is 32.6 Å². The molecule has 0 aromatic heterocycles. The van der Waals surface area contributed by atoms with Crippen LogP contribution in [0, 0.1) is 5.92 Å². The Morgan fingerprint density at radius 3 is 2.44 bits per heavy atom. The molecule has 1 unspecified atom stereocenters. The minimum absolute atomic E-state index is 0.858. The first-order valence-electron chi connectivity index (χ1n) is 8.36. The normalized spacial score (nSPS) is 26.8. The summed E-state index contributed by atoms with van der Waals surface area (Å²) in [5.74, 6) is 0.976. The molecule has 106 valence electrons. The van der Waals surface area contributed by atoms with Crippen LogP contribution in [0.15, 0.2) is 0 Å². The first-order valence-corrected chi connectivity index (χ1v) is 8.36. The SMILES string of the molecule is CCCCCCCN1CCC(C2CCCN2)CC1. The zero-order valence-corrected chi connectivity index (χ0v) is 12.3. The van der Waals surface area contributed by atoms with Crippen molar-refractivity contribution in [3.8, 4) is 0 Å². The van der Waals surface area contributed by atoms with Crippen molar-refractivity contribution in [2.45, 2.75) is 70.8 Å². The van der Waals surface area contributed by atoms with E-state index in [4.69, 9.17) is 0 Å². The van der Waals surface area contributed by atoms with Crippen LogP contribution in [0.5, 0.6) is 0 Å². The third kappa shape index (κ3) is 4.55. The van der Waals surface area contributed by atoms with Gasteiger partial charge in [0.25, 0.3) is 0 Å². The summed E-state index contributed by atoms with van der Waals surface area (Å²) in [4.78, 5) is 2.71. The Morgan fingerprint density at radius 1 is 1.00 bits per heavy atom. The van der Waals surface area contributed by atoms with E-state index in [1.54, 1.807) is 0 Å². The summed E-state index contributed by atoms with van der Waals surface area (Å²) >= 11 is 0. The molecule has 0 saturated carbocycles. The molecule has 2 heteroatoms. The van der Waals surface area contributed by atoms with Crippen molar-refractivity contribution >= 4 is 0 Å². The van der Waals surface area contributed by atoms with Crippen LogP contribution < -0.4 is 5.32 Å². The Hall–Kier alpha value is -0.0800. The predicted octanol–water partition coefficient (Wildman–Crippen LogP) is 3.42. The fourth-order valence-corrected chi connectivity index (χ4v) is 3.63. The molecule has 0 radical (unpaired) electrons. The van der Waals surface area contributed by atoms with Gasteiger partial charge in [0.05, 0.1) is 0 Å². The number of hydrogen-bond donors (Lipinski definition) is 1. The Labute approximate surface area is 114 Å². The second-order valence-electron chi connectivity index (χ2n) is 6.30. The van der Waals surface area contributed by atoms with E-state index in [0.29, 0.717) is 0 Å². The number of piperidine rings is 1. The molecule has 2 saturated heterocycles. The molecule has 0 aliphatic carbocycles. The van der Waals surface area contributed by atoms with Crippen LogP contribution in [0.3, 0.4) is 0 Å². The van der Waals surface area contributed by atoms with Gasteiger partial charge in [0.2, 0.25) is 0 Å². The Morgan fingerprint density at radius 2 is 1.78 bits per heavy atom. The van der Waals surface area contributed by atoms with Crippen LogP contribution in [-0.2, 0) is 0 Å². The lowest BCUT2D eigenvalue weighted by molar-refractivity contribution is 0.161. The van der Waals surface area contributed by atoms with Crippen LogP contribution in [-0.4, -0.2) is 37.1 Å². The average Bonchev–Trinajstić information content (AvgIpc) is 2.93. The van der Waals surface area contributed by atoms with Gasteiger partial charge in [-0.05, 0) is 64.2 Å². The molecule has 0 spiro atoms. The molecule has 2 rings (SSSR count). The van der Waals surface area contributed by atoms with Crippen molar-refractivity contribution < 1.29 is 0 Å². The van der Waals surface area contributed by atoms with E-state index in [1.165, 1.54) is 84.0 Å². The number of hydrogen-bond acceptors (Lipinski definition) is 2. The van der Waals surface area contributed by atoms with E-state index in [9.17, 15) is 0 Å². The van der Waals surface area contributed by atoms with Gasteiger partial charge < -0.3 is 10.2 Å². The highest BCUT2D eigenvalue weighted by Crippen LogP contribution is 2.25. The van der Waals surface area contributed by atoms with Crippen LogP contribution in [0.4, 0.5) is 0 Å². The summed E-state index contributed by atoms with van der Waals surface area (Å²) in [5.41, 5.74) is 0. The fourth-order valence-electron chi connectivity index (χ4n) is 3.63. The van der Waals surface area contributed by atoms with Crippen molar-refractivity contribution in [2.75, 3.05) is 26.2 Å². The fraction of sp³-hybridized carbons (Fsp3) is 1.00. The minimum Gasteiger partial charge on any atom is -0.314 e. The highest BCUT2D eigenvalue weighted by molar-refractivity contribution is 4.85. The molecule has 1 atom stereocenters. The molecule has 0 bridgehead atoms. The number of unbranched alkanes of at least 4 members (excludes halogenated alkanes) is 4. The maximum absolute atomic E-state index is 3.69. The molecule has 0 aromatic rings. The van der Waals surface area contributed by atoms with E-state index in [0.717, 1.165) is 12.0 Å². The topological polar surface area (TPSA) is 15.3 Å². The van der Waals surface area contributed by atoms with E-state index >= 15 is 0 Å². The molecule has 2 heterocycles. The Kier molecular flexibility index (Phi) is 6.50. The maximum atomic E-state index is 3.69. The lowest BCUT2D eigenvalue weighted by Crippen LogP contribution is -2.41. The van der Waals surface area contributed by atoms with Gasteiger partial charge in [-0.2, -0.15) is 0 Å². The zero-order chi connectivity index (χ0) is 12.6. The summed E-state index contributed by atoms with van der Waals surface area (Å²) in [6.07, 6.45) is 12.8. The first kappa shape index (κ1) is 14.3. The summed E-state index contributed by atoms with van der Waals surface area (Å²) in [5, 5.41) is 3.69. The molecule has 0 amide bonds. The van der Waals surface area contributed by atoms with E-state index in [1.807, 2.05) is 0 Å². The highest BCUT2D eigenvalue weighted by atomic mass is 15.1. The first-order chi connectivity index (χ1) is 8.90. The molecular weight excluding hydrogens is 220 g/mol. The minimum atomic E-state index is 0.858. The van der Waals surface area contributed by atoms with Gasteiger partial charge in [-0.25, -0.2) is 0 Å². The van der Waals surface area contributed by atoms with Crippen molar-refractivity contribution in [3.05, 3.63) is 0 Å². The van der Waals surface area contributed by atoms with Gasteiger partial charge in [0.1, 0.15) is 0 Å².